The summed E-state index contributed by atoms with van der Waals surface area (Å²) in [4.78, 5) is 12.0. The molecule has 1 fully saturated rings. The van der Waals surface area contributed by atoms with Crippen LogP contribution in [0.1, 0.15) is 30.4 Å². The minimum atomic E-state index is 0.240. The molecule has 1 amide bonds. The van der Waals surface area contributed by atoms with Crippen molar-refractivity contribution in [2.24, 2.45) is 5.92 Å². The molecule has 3 aromatic rings. The summed E-state index contributed by atoms with van der Waals surface area (Å²) in [5.41, 5.74) is 3.96. The van der Waals surface area contributed by atoms with Gasteiger partial charge in [0.05, 0.1) is 0 Å². The van der Waals surface area contributed by atoms with Crippen LogP contribution in [0.3, 0.4) is 0 Å². The van der Waals surface area contributed by atoms with Crippen molar-refractivity contribution in [2.45, 2.75) is 38.6 Å². The first-order valence-electron chi connectivity index (χ1n) is 9.69. The molecule has 1 N–H and O–H groups in total. The summed E-state index contributed by atoms with van der Waals surface area (Å²) in [6, 6.07) is 19.2. The Morgan fingerprint density at radius 1 is 1.00 bits per heavy atom. The van der Waals surface area contributed by atoms with Gasteiger partial charge in [0.1, 0.15) is 0 Å². The molecule has 3 nitrogen and oxygen atoms in total. The summed E-state index contributed by atoms with van der Waals surface area (Å²) in [6.45, 7) is 1.70. The molecule has 1 aromatic heterocycles. The van der Waals surface area contributed by atoms with Crippen molar-refractivity contribution in [1.29, 1.82) is 0 Å². The van der Waals surface area contributed by atoms with Crippen LogP contribution in [0, 0.1) is 5.92 Å². The van der Waals surface area contributed by atoms with Crippen molar-refractivity contribution in [3.63, 3.8) is 0 Å². The molecule has 0 unspecified atom stereocenters. The van der Waals surface area contributed by atoms with Crippen LogP contribution < -0.4 is 5.32 Å². The molecule has 0 saturated heterocycles. The maximum Gasteiger partial charge on any atom is 0.223 e. The molecule has 1 heterocycles. The first-order valence-corrected chi connectivity index (χ1v) is 9.69. The number of fused-ring (bicyclic) bond motifs is 1. The van der Waals surface area contributed by atoms with Crippen LogP contribution in [0.4, 0.5) is 0 Å². The molecule has 0 spiro atoms. The molecular formula is C23H26N2O. The Hall–Kier alpha value is -2.55. The Labute approximate surface area is 155 Å². The molecule has 26 heavy (non-hydrogen) atoms. The van der Waals surface area contributed by atoms with Gasteiger partial charge in [-0.25, -0.2) is 0 Å². The largest absolute Gasteiger partial charge is 0.356 e. The Bertz CT molecular complexity index is 878. The van der Waals surface area contributed by atoms with E-state index in [4.69, 9.17) is 0 Å². The van der Waals surface area contributed by atoms with Crippen LogP contribution in [0.5, 0.6) is 0 Å². The zero-order valence-corrected chi connectivity index (χ0v) is 15.2. The predicted octanol–water partition coefficient (Wildman–Crippen LogP) is 4.34. The third kappa shape index (κ3) is 3.67. The van der Waals surface area contributed by atoms with E-state index in [-0.39, 0.29) is 11.8 Å². The number of hydrogen-bond donors (Lipinski definition) is 1. The average molecular weight is 346 g/mol. The lowest BCUT2D eigenvalue weighted by Crippen LogP contribution is -2.35. The SMILES string of the molecule is O=C(NCCc1cn(CCc2ccccc2)c2ccccc12)C1CCC1. The second-order valence-electron chi connectivity index (χ2n) is 7.27. The molecule has 2 aromatic carbocycles. The fraction of sp³-hybridized carbons (Fsp3) is 0.348. The average Bonchev–Trinajstić information content (AvgIpc) is 2.98. The highest BCUT2D eigenvalue weighted by Crippen LogP contribution is 2.26. The Kier molecular flexibility index (Phi) is 5.05. The summed E-state index contributed by atoms with van der Waals surface area (Å²) >= 11 is 0. The third-order valence-electron chi connectivity index (χ3n) is 5.52. The minimum absolute atomic E-state index is 0.240. The van der Waals surface area contributed by atoms with Crippen molar-refractivity contribution >= 4 is 16.8 Å². The van der Waals surface area contributed by atoms with Gasteiger partial charge in [-0.15, -0.1) is 0 Å². The van der Waals surface area contributed by atoms with Crippen LogP contribution in [0.2, 0.25) is 0 Å². The zero-order valence-electron chi connectivity index (χ0n) is 15.2. The number of rotatable bonds is 7. The fourth-order valence-electron chi connectivity index (χ4n) is 3.74. The molecule has 0 radical (unpaired) electrons. The first-order chi connectivity index (χ1) is 12.8. The van der Waals surface area contributed by atoms with Gasteiger partial charge in [-0.05, 0) is 42.9 Å². The van der Waals surface area contributed by atoms with Gasteiger partial charge in [0.15, 0.2) is 0 Å². The normalized spacial score (nSPS) is 14.3. The van der Waals surface area contributed by atoms with E-state index in [9.17, 15) is 4.79 Å². The van der Waals surface area contributed by atoms with Crippen LogP contribution in [-0.4, -0.2) is 17.0 Å². The Morgan fingerprint density at radius 3 is 2.54 bits per heavy atom. The van der Waals surface area contributed by atoms with Gasteiger partial charge in [-0.3, -0.25) is 4.79 Å². The van der Waals surface area contributed by atoms with Crippen molar-refractivity contribution in [3.05, 3.63) is 71.9 Å². The second kappa shape index (κ2) is 7.77. The maximum atomic E-state index is 12.0. The Morgan fingerprint density at radius 2 is 1.77 bits per heavy atom. The number of benzene rings is 2. The smallest absolute Gasteiger partial charge is 0.223 e. The molecular weight excluding hydrogens is 320 g/mol. The number of carbonyl (C=O) groups excluding carboxylic acids is 1. The summed E-state index contributed by atoms with van der Waals surface area (Å²) in [7, 11) is 0. The van der Waals surface area contributed by atoms with Gasteiger partial charge >= 0.3 is 0 Å². The fourth-order valence-corrected chi connectivity index (χ4v) is 3.74. The van der Waals surface area contributed by atoms with Crippen LogP contribution in [0.25, 0.3) is 10.9 Å². The Balaban J connectivity index is 1.44. The summed E-state index contributed by atoms with van der Waals surface area (Å²) in [5.74, 6) is 0.506. The van der Waals surface area contributed by atoms with E-state index in [2.05, 4.69) is 70.7 Å². The minimum Gasteiger partial charge on any atom is -0.356 e. The highest BCUT2D eigenvalue weighted by molar-refractivity contribution is 5.84. The standard InChI is InChI=1S/C23H26N2O/c26-23(19-9-6-10-19)24-15-13-20-17-25(22-12-5-4-11-21(20)22)16-14-18-7-2-1-3-8-18/h1-5,7-8,11-12,17,19H,6,9-10,13-16H2,(H,24,26). The van der Waals surface area contributed by atoms with E-state index in [1.54, 1.807) is 0 Å². The summed E-state index contributed by atoms with van der Waals surface area (Å²) in [6.07, 6.45) is 7.50. The van der Waals surface area contributed by atoms with E-state index in [1.807, 2.05) is 0 Å². The first kappa shape index (κ1) is 16.9. The van der Waals surface area contributed by atoms with E-state index >= 15 is 0 Å². The number of aryl methyl sites for hydroxylation is 2. The van der Waals surface area contributed by atoms with Gasteiger partial charge in [-0.1, -0.05) is 55.0 Å². The van der Waals surface area contributed by atoms with Crippen molar-refractivity contribution < 1.29 is 4.79 Å². The van der Waals surface area contributed by atoms with Crippen molar-refractivity contribution in [1.82, 2.24) is 9.88 Å². The number of nitrogens with one attached hydrogen (secondary N) is 1. The lowest BCUT2D eigenvalue weighted by atomic mass is 9.85. The zero-order chi connectivity index (χ0) is 17.8. The van der Waals surface area contributed by atoms with E-state index in [0.29, 0.717) is 0 Å². The maximum absolute atomic E-state index is 12.0. The number of aromatic nitrogens is 1. The van der Waals surface area contributed by atoms with Crippen LogP contribution >= 0.6 is 0 Å². The lowest BCUT2D eigenvalue weighted by Gasteiger charge is -2.23. The molecule has 1 aliphatic rings. The van der Waals surface area contributed by atoms with E-state index < -0.39 is 0 Å². The number of hydrogen-bond acceptors (Lipinski definition) is 1. The van der Waals surface area contributed by atoms with Gasteiger partial charge < -0.3 is 9.88 Å². The monoisotopic (exact) mass is 346 g/mol. The molecule has 4 rings (SSSR count). The van der Waals surface area contributed by atoms with Crippen LogP contribution in [0.15, 0.2) is 60.8 Å². The van der Waals surface area contributed by atoms with E-state index in [0.717, 1.165) is 38.8 Å². The lowest BCUT2D eigenvalue weighted by molar-refractivity contribution is -0.127. The van der Waals surface area contributed by atoms with Gasteiger partial charge in [0.2, 0.25) is 5.91 Å². The van der Waals surface area contributed by atoms with Gasteiger partial charge in [0.25, 0.3) is 0 Å². The molecule has 1 aliphatic carbocycles. The second-order valence-corrected chi connectivity index (χ2v) is 7.27. The number of para-hydroxylation sites is 1. The summed E-state index contributed by atoms with van der Waals surface area (Å²) < 4.78 is 2.35. The van der Waals surface area contributed by atoms with E-state index in [1.165, 1.54) is 28.5 Å². The van der Waals surface area contributed by atoms with Crippen molar-refractivity contribution in [3.8, 4) is 0 Å². The topological polar surface area (TPSA) is 34.0 Å². The number of carbonyl (C=O) groups is 1. The summed E-state index contributed by atoms with van der Waals surface area (Å²) in [5, 5.41) is 4.42. The number of amides is 1. The van der Waals surface area contributed by atoms with Crippen molar-refractivity contribution in [2.75, 3.05) is 6.54 Å². The molecule has 0 bridgehead atoms. The van der Waals surface area contributed by atoms with Crippen LogP contribution in [-0.2, 0) is 24.2 Å². The number of nitrogens with zero attached hydrogens (tertiary/aromatic N) is 1. The third-order valence-corrected chi connectivity index (χ3v) is 5.52. The quantitative estimate of drug-likeness (QED) is 0.678. The molecule has 0 atom stereocenters. The highest BCUT2D eigenvalue weighted by Gasteiger charge is 2.24. The molecule has 134 valence electrons. The highest BCUT2D eigenvalue weighted by atomic mass is 16.1. The van der Waals surface area contributed by atoms with Gasteiger partial charge in [0, 0.05) is 36.1 Å². The predicted molar refractivity (Wildman–Crippen MR) is 106 cm³/mol. The molecule has 0 aliphatic heterocycles. The molecule has 1 saturated carbocycles. The van der Waals surface area contributed by atoms with Gasteiger partial charge in [-0.2, -0.15) is 0 Å². The molecule has 3 heteroatoms.